The molecule has 3 heterocycles. The molecule has 294 valence electrons. The smallest absolute Gasteiger partial charge is 0.287 e. The third-order valence-corrected chi connectivity index (χ3v) is 14.3. The van der Waals surface area contributed by atoms with E-state index in [9.17, 15) is 41.8 Å². The number of fused-ring (bicyclic) bond motifs is 1. The molecule has 1 aromatic heterocycles. The third-order valence-electron chi connectivity index (χ3n) is 11.1. The maximum absolute atomic E-state index is 14.9. The van der Waals surface area contributed by atoms with Crippen molar-refractivity contribution in [1.29, 1.82) is 0 Å². The summed E-state index contributed by atoms with van der Waals surface area (Å²) in [5.41, 5.74) is 2.47. The first-order valence-corrected chi connectivity index (χ1v) is 21.6. The number of amides is 3. The van der Waals surface area contributed by atoms with Crippen LogP contribution in [-0.2, 0) is 34.8 Å². The molecule has 0 bridgehead atoms. The van der Waals surface area contributed by atoms with E-state index >= 15 is 0 Å². The van der Waals surface area contributed by atoms with Crippen molar-refractivity contribution >= 4 is 54.9 Å². The molecular weight excluding hydrogens is 739 g/mol. The van der Waals surface area contributed by atoms with E-state index in [1.165, 1.54) is 21.8 Å². The van der Waals surface area contributed by atoms with Gasteiger partial charge in [-0.2, -0.15) is 15.3 Å². The second-order valence-electron chi connectivity index (χ2n) is 15.4. The van der Waals surface area contributed by atoms with Crippen molar-refractivity contribution in [2.75, 3.05) is 18.1 Å². The van der Waals surface area contributed by atoms with Gasteiger partial charge in [0.2, 0.25) is 27.6 Å². The Labute approximate surface area is 315 Å². The largest absolute Gasteiger partial charge is 0.384 e. The summed E-state index contributed by atoms with van der Waals surface area (Å²) < 4.78 is 52.8. The minimum atomic E-state index is -4.26. The van der Waals surface area contributed by atoms with Gasteiger partial charge in [0.1, 0.15) is 23.2 Å². The molecule has 3 amide bonds. The number of benzene rings is 2. The van der Waals surface area contributed by atoms with Gasteiger partial charge in [-0.15, -0.1) is 5.10 Å². The number of nitrogens with zero attached hydrogens (tertiary/aromatic N) is 4. The molecule has 0 radical (unpaired) electrons. The second-order valence-corrected chi connectivity index (χ2v) is 19.6. The summed E-state index contributed by atoms with van der Waals surface area (Å²) in [5, 5.41) is 23.2. The van der Waals surface area contributed by atoms with E-state index in [0.29, 0.717) is 11.1 Å². The van der Waals surface area contributed by atoms with Crippen LogP contribution < -0.4 is 15.8 Å². The zero-order valence-electron chi connectivity index (χ0n) is 30.4. The van der Waals surface area contributed by atoms with Crippen LogP contribution in [0.4, 0.5) is 0 Å². The van der Waals surface area contributed by atoms with E-state index in [4.69, 9.17) is 5.73 Å². The molecule has 3 fully saturated rings. The number of Topliss-reactive ketones (excluding diaryl/α,β-unsaturated/α-hetero) is 1. The summed E-state index contributed by atoms with van der Waals surface area (Å²) in [6.07, 6.45) is 5.48. The van der Waals surface area contributed by atoms with Crippen LogP contribution in [0.2, 0.25) is 0 Å². The molecule has 2 saturated heterocycles. The Bertz CT molecular complexity index is 2010. The molecule has 1 unspecified atom stereocenters. The van der Waals surface area contributed by atoms with Crippen LogP contribution in [0.3, 0.4) is 0 Å². The first kappa shape index (κ1) is 39.7. The van der Waals surface area contributed by atoms with Gasteiger partial charge < -0.3 is 21.1 Å². The summed E-state index contributed by atoms with van der Waals surface area (Å²) in [7, 11) is -7.32. The molecule has 54 heavy (non-hydrogen) atoms. The number of nitrogens with two attached hydrogens (primary N) is 1. The SMILES string of the molecule is CC(C)(O)c1cnnn1[C@H]1C[C@@H](C(=O)NC2(C(=O)C(N)=O)CCS(O)(O)CC2)N(C(=O)C(CC2CCCCC2)NS(=O)(=O)c2ccc3ccccc3c2)C1. The quantitative estimate of drug-likeness (QED) is 0.146. The fraction of sp³-hybridized carbons (Fsp3) is 0.556. The minimum absolute atomic E-state index is 0.0242. The molecule has 7 N–H and O–H groups in total. The average molecular weight is 788 g/mol. The molecule has 2 aliphatic heterocycles. The number of rotatable bonds is 12. The molecule has 18 heteroatoms. The van der Waals surface area contributed by atoms with Crippen LogP contribution in [0.1, 0.15) is 83.4 Å². The minimum Gasteiger partial charge on any atom is -0.384 e. The number of ketones is 1. The molecule has 3 atom stereocenters. The van der Waals surface area contributed by atoms with Gasteiger partial charge in [-0.1, -0.05) is 67.6 Å². The van der Waals surface area contributed by atoms with Crippen molar-refractivity contribution < 1.29 is 41.8 Å². The Morgan fingerprint density at radius 1 is 1.04 bits per heavy atom. The highest BCUT2D eigenvalue weighted by Gasteiger charge is 2.51. The molecule has 1 aliphatic carbocycles. The fourth-order valence-corrected chi connectivity index (χ4v) is 10.8. The van der Waals surface area contributed by atoms with Gasteiger partial charge in [-0.3, -0.25) is 28.3 Å². The lowest BCUT2D eigenvalue weighted by atomic mass is 9.84. The molecule has 3 aliphatic rings. The van der Waals surface area contributed by atoms with E-state index in [1.807, 2.05) is 12.1 Å². The van der Waals surface area contributed by atoms with Crippen molar-refractivity contribution in [3.8, 4) is 0 Å². The normalized spacial score (nSPS) is 23.1. The topological polar surface area (TPSA) is 247 Å². The first-order chi connectivity index (χ1) is 25.4. The summed E-state index contributed by atoms with van der Waals surface area (Å²) in [5.74, 6) is -4.35. The molecular formula is C36H49N7O9S2. The zero-order valence-corrected chi connectivity index (χ0v) is 32.0. The van der Waals surface area contributed by atoms with Crippen LogP contribution in [0.25, 0.3) is 10.8 Å². The number of aliphatic hydroxyl groups is 1. The number of sulfonamides is 1. The van der Waals surface area contributed by atoms with E-state index in [1.54, 1.807) is 38.1 Å². The molecule has 3 aromatic rings. The van der Waals surface area contributed by atoms with E-state index in [2.05, 4.69) is 20.4 Å². The highest BCUT2D eigenvalue weighted by Crippen LogP contribution is 2.47. The van der Waals surface area contributed by atoms with Gasteiger partial charge in [0, 0.05) is 24.5 Å². The Kier molecular flexibility index (Phi) is 11.3. The van der Waals surface area contributed by atoms with Crippen molar-refractivity contribution in [3.05, 3.63) is 54.4 Å². The van der Waals surface area contributed by atoms with Crippen molar-refractivity contribution in [2.24, 2.45) is 11.7 Å². The predicted molar refractivity (Wildman–Crippen MR) is 201 cm³/mol. The summed E-state index contributed by atoms with van der Waals surface area (Å²) in [6.45, 7) is 2.96. The number of hydrogen-bond acceptors (Lipinski definition) is 11. The van der Waals surface area contributed by atoms with Crippen LogP contribution in [0.5, 0.6) is 0 Å². The van der Waals surface area contributed by atoms with Gasteiger partial charge >= 0.3 is 0 Å². The molecule has 16 nitrogen and oxygen atoms in total. The summed E-state index contributed by atoms with van der Waals surface area (Å²) >= 11 is 0. The molecule has 0 spiro atoms. The molecule has 1 saturated carbocycles. The van der Waals surface area contributed by atoms with Crippen LogP contribution in [0.15, 0.2) is 53.6 Å². The maximum atomic E-state index is 14.9. The van der Waals surface area contributed by atoms with Crippen molar-refractivity contribution in [2.45, 2.75) is 106 Å². The lowest BCUT2D eigenvalue weighted by Crippen LogP contribution is -2.64. The maximum Gasteiger partial charge on any atom is 0.287 e. The van der Waals surface area contributed by atoms with E-state index in [-0.39, 0.29) is 54.5 Å². The third kappa shape index (κ3) is 8.48. The molecule has 6 rings (SSSR count). The Morgan fingerprint density at radius 2 is 1.70 bits per heavy atom. The van der Waals surface area contributed by atoms with Gasteiger partial charge in [-0.25, -0.2) is 13.1 Å². The van der Waals surface area contributed by atoms with Crippen LogP contribution >= 0.6 is 10.6 Å². The Morgan fingerprint density at radius 3 is 2.35 bits per heavy atom. The Balaban J connectivity index is 1.36. The lowest BCUT2D eigenvalue weighted by Gasteiger charge is -2.45. The molecule has 2 aromatic carbocycles. The number of hydrogen-bond donors (Lipinski definition) is 6. The van der Waals surface area contributed by atoms with Gasteiger partial charge in [0.05, 0.1) is 22.8 Å². The number of carbonyl (C=O) groups excluding carboxylic acids is 4. The van der Waals surface area contributed by atoms with Crippen LogP contribution in [0, 0.1) is 5.92 Å². The van der Waals surface area contributed by atoms with E-state index in [0.717, 1.165) is 37.5 Å². The van der Waals surface area contributed by atoms with Gasteiger partial charge in [0.15, 0.2) is 0 Å². The van der Waals surface area contributed by atoms with Gasteiger partial charge in [-0.05, 0) is 61.9 Å². The highest BCUT2D eigenvalue weighted by molar-refractivity contribution is 8.24. The lowest BCUT2D eigenvalue weighted by molar-refractivity contribution is -0.145. The summed E-state index contributed by atoms with van der Waals surface area (Å²) in [6, 6.07) is 8.75. The fourth-order valence-electron chi connectivity index (χ4n) is 8.05. The van der Waals surface area contributed by atoms with Crippen molar-refractivity contribution in [1.82, 2.24) is 29.9 Å². The first-order valence-electron chi connectivity index (χ1n) is 18.2. The number of likely N-dealkylation sites (tertiary alicyclic amines) is 1. The Hall–Kier alpha value is -3.94. The van der Waals surface area contributed by atoms with Crippen molar-refractivity contribution in [3.63, 3.8) is 0 Å². The monoisotopic (exact) mass is 787 g/mol. The highest BCUT2D eigenvalue weighted by atomic mass is 32.3. The summed E-state index contributed by atoms with van der Waals surface area (Å²) in [4.78, 5) is 56.0. The standard InChI is InChI=1S/C36H49N7O9S2/c1-35(2,48)30-21-38-41-43(30)26-20-29(33(46)39-36(31(44)32(37)45)14-16-53(49,50)17-15-36)42(22-26)34(47)28(18-23-8-4-3-5-9-23)40-54(51,52)27-13-12-24-10-6-7-11-25(24)19-27/h6-7,10-13,19,21,23,26,28-29,40,48-50H,3-5,8-9,14-18,20,22H2,1-2H3,(H2,37,45)(H,39,46)/t26-,28?,29-/m0/s1. The average Bonchev–Trinajstić information content (AvgIpc) is 3.81. The number of primary amides is 1. The predicted octanol–water partition coefficient (Wildman–Crippen LogP) is 2.57. The van der Waals surface area contributed by atoms with Gasteiger partial charge in [0.25, 0.3) is 5.91 Å². The van der Waals surface area contributed by atoms with E-state index < -0.39 is 73.4 Å². The second kappa shape index (κ2) is 15.3. The zero-order chi connectivity index (χ0) is 39.1. The van der Waals surface area contributed by atoms with Crippen LogP contribution in [-0.4, -0.2) is 102 Å². The number of carbonyl (C=O) groups is 4. The number of aromatic nitrogens is 3. The number of nitrogens with one attached hydrogen (secondary N) is 2.